The van der Waals surface area contributed by atoms with Gasteiger partial charge in [-0.1, -0.05) is 11.6 Å². The van der Waals surface area contributed by atoms with E-state index < -0.39 is 0 Å². The maximum Gasteiger partial charge on any atom is 0.244 e. The van der Waals surface area contributed by atoms with Crippen LogP contribution < -0.4 is 5.32 Å². The van der Waals surface area contributed by atoms with Gasteiger partial charge >= 0.3 is 0 Å². The summed E-state index contributed by atoms with van der Waals surface area (Å²) in [5, 5.41) is 11.6. The third-order valence-corrected chi connectivity index (χ3v) is 3.12. The second-order valence-electron chi connectivity index (χ2n) is 3.32. The van der Waals surface area contributed by atoms with Crippen molar-refractivity contribution in [3.8, 4) is 0 Å². The Morgan fingerprint density at radius 1 is 1.71 bits per heavy atom. The van der Waals surface area contributed by atoms with E-state index in [0.29, 0.717) is 4.34 Å². The van der Waals surface area contributed by atoms with Gasteiger partial charge in [-0.25, -0.2) is 0 Å². The number of amides is 1. The molecule has 1 rings (SSSR count). The molecule has 1 heterocycles. The molecule has 0 saturated heterocycles. The van der Waals surface area contributed by atoms with Gasteiger partial charge in [-0.15, -0.1) is 11.3 Å². The number of rotatable bonds is 6. The molecule has 1 aromatic heterocycles. The van der Waals surface area contributed by atoms with Crippen LogP contribution in [0.3, 0.4) is 0 Å². The van der Waals surface area contributed by atoms with Gasteiger partial charge in [-0.05, 0) is 18.2 Å². The van der Waals surface area contributed by atoms with Gasteiger partial charge in [0.15, 0.2) is 0 Å². The van der Waals surface area contributed by atoms with Crippen LogP contribution in [0.4, 0.5) is 0 Å². The molecule has 1 aromatic rings. The van der Waals surface area contributed by atoms with Crippen molar-refractivity contribution in [1.29, 1.82) is 0 Å². The molecule has 0 aliphatic rings. The number of methoxy groups -OCH3 is 1. The van der Waals surface area contributed by atoms with Gasteiger partial charge in [0.05, 0.1) is 23.6 Å². The summed E-state index contributed by atoms with van der Waals surface area (Å²) >= 11 is 7.15. The van der Waals surface area contributed by atoms with Gasteiger partial charge in [0.25, 0.3) is 0 Å². The predicted molar refractivity (Wildman–Crippen MR) is 69.3 cm³/mol. The van der Waals surface area contributed by atoms with E-state index >= 15 is 0 Å². The van der Waals surface area contributed by atoms with Crippen LogP contribution in [0.25, 0.3) is 6.08 Å². The molecule has 0 bridgehead atoms. The summed E-state index contributed by atoms with van der Waals surface area (Å²) < 4.78 is 5.53. The lowest BCUT2D eigenvalue weighted by atomic mass is 10.3. The molecule has 2 N–H and O–H groups in total. The zero-order chi connectivity index (χ0) is 12.7. The molecule has 0 radical (unpaired) electrons. The smallest absolute Gasteiger partial charge is 0.244 e. The Morgan fingerprint density at radius 3 is 3.00 bits per heavy atom. The number of carbonyl (C=O) groups excluding carboxylic acids is 1. The van der Waals surface area contributed by atoms with E-state index in [0.717, 1.165) is 4.88 Å². The maximum absolute atomic E-state index is 11.5. The number of nitrogens with one attached hydrogen (secondary N) is 1. The molecular weight excluding hydrogens is 262 g/mol. The summed E-state index contributed by atoms with van der Waals surface area (Å²) in [6, 6.07) is 3.21. The Bertz CT molecular complexity index is 392. The molecular formula is C11H14ClNO3S. The number of ether oxygens (including phenoxy) is 1. The molecule has 0 saturated carbocycles. The zero-order valence-corrected chi connectivity index (χ0v) is 10.9. The highest BCUT2D eigenvalue weighted by Crippen LogP contribution is 2.22. The van der Waals surface area contributed by atoms with Crippen molar-refractivity contribution in [3.63, 3.8) is 0 Å². The predicted octanol–water partition coefficient (Wildman–Crippen LogP) is 1.54. The van der Waals surface area contributed by atoms with Crippen molar-refractivity contribution < 1.29 is 14.6 Å². The van der Waals surface area contributed by atoms with Crippen LogP contribution in [0.1, 0.15) is 4.88 Å². The van der Waals surface area contributed by atoms with Crippen molar-refractivity contribution in [2.75, 3.05) is 20.3 Å². The molecule has 6 heteroatoms. The third-order valence-electron chi connectivity index (χ3n) is 1.93. The van der Waals surface area contributed by atoms with Crippen LogP contribution in [0.15, 0.2) is 18.2 Å². The molecule has 0 aromatic carbocycles. The van der Waals surface area contributed by atoms with Crippen LogP contribution in [0, 0.1) is 0 Å². The van der Waals surface area contributed by atoms with Gasteiger partial charge in [-0.3, -0.25) is 4.79 Å². The van der Waals surface area contributed by atoms with Gasteiger partial charge in [0, 0.05) is 18.1 Å². The van der Waals surface area contributed by atoms with Crippen molar-refractivity contribution in [1.82, 2.24) is 5.32 Å². The summed E-state index contributed by atoms with van der Waals surface area (Å²) in [4.78, 5) is 12.4. The lowest BCUT2D eigenvalue weighted by Crippen LogP contribution is -2.39. The molecule has 1 atom stereocenters. The van der Waals surface area contributed by atoms with Crippen LogP contribution >= 0.6 is 22.9 Å². The van der Waals surface area contributed by atoms with Crippen LogP contribution in [0.5, 0.6) is 0 Å². The number of halogens is 1. The minimum Gasteiger partial charge on any atom is -0.394 e. The normalized spacial score (nSPS) is 12.9. The first-order chi connectivity index (χ1) is 8.15. The van der Waals surface area contributed by atoms with Gasteiger partial charge in [0.2, 0.25) is 5.91 Å². The summed E-state index contributed by atoms with van der Waals surface area (Å²) in [5.41, 5.74) is 0. The quantitative estimate of drug-likeness (QED) is 0.775. The standard InChI is InChI=1S/C11H14ClNO3S/c1-16-7-8(6-14)13-11(15)5-3-9-2-4-10(12)17-9/h2-5,8,14H,6-7H2,1H3,(H,13,15)/b5-3+. The summed E-state index contributed by atoms with van der Waals surface area (Å²) in [7, 11) is 1.51. The highest BCUT2D eigenvalue weighted by molar-refractivity contribution is 7.17. The van der Waals surface area contributed by atoms with Gasteiger partial charge in [-0.2, -0.15) is 0 Å². The zero-order valence-electron chi connectivity index (χ0n) is 9.35. The maximum atomic E-state index is 11.5. The van der Waals surface area contributed by atoms with E-state index in [9.17, 15) is 4.79 Å². The Morgan fingerprint density at radius 2 is 2.47 bits per heavy atom. The van der Waals surface area contributed by atoms with Crippen LogP contribution in [0.2, 0.25) is 4.34 Å². The van der Waals surface area contributed by atoms with Gasteiger partial charge < -0.3 is 15.2 Å². The van der Waals surface area contributed by atoms with E-state index in [1.807, 2.05) is 6.07 Å². The third kappa shape index (κ3) is 5.32. The summed E-state index contributed by atoms with van der Waals surface area (Å²) in [5.74, 6) is -0.273. The number of carbonyl (C=O) groups is 1. The molecule has 94 valence electrons. The highest BCUT2D eigenvalue weighted by atomic mass is 35.5. The first kappa shape index (κ1) is 14.2. The van der Waals surface area contributed by atoms with Crippen molar-refractivity contribution >= 4 is 34.9 Å². The van der Waals surface area contributed by atoms with E-state index in [-0.39, 0.29) is 25.2 Å². The Balaban J connectivity index is 2.45. The molecule has 0 aliphatic carbocycles. The van der Waals surface area contributed by atoms with Crippen LogP contribution in [-0.4, -0.2) is 37.4 Å². The topological polar surface area (TPSA) is 58.6 Å². The van der Waals surface area contributed by atoms with Gasteiger partial charge in [0.1, 0.15) is 0 Å². The number of hydrogen-bond acceptors (Lipinski definition) is 4. The Labute approximate surface area is 109 Å². The Kier molecular flexibility index (Phi) is 6.21. The lowest BCUT2D eigenvalue weighted by Gasteiger charge is -2.13. The number of aliphatic hydroxyl groups is 1. The fourth-order valence-corrected chi connectivity index (χ4v) is 2.13. The molecule has 17 heavy (non-hydrogen) atoms. The van der Waals surface area contributed by atoms with Crippen molar-refractivity contribution in [3.05, 3.63) is 27.4 Å². The fraction of sp³-hybridized carbons (Fsp3) is 0.364. The monoisotopic (exact) mass is 275 g/mol. The van der Waals surface area contributed by atoms with Crippen LogP contribution in [-0.2, 0) is 9.53 Å². The summed E-state index contributed by atoms with van der Waals surface area (Å²) in [6.07, 6.45) is 3.08. The summed E-state index contributed by atoms with van der Waals surface area (Å²) in [6.45, 7) is 0.124. The lowest BCUT2D eigenvalue weighted by molar-refractivity contribution is -0.117. The minimum atomic E-state index is -0.385. The second-order valence-corrected chi connectivity index (χ2v) is 5.07. The van der Waals surface area contributed by atoms with Crippen molar-refractivity contribution in [2.24, 2.45) is 0 Å². The number of thiophene rings is 1. The average molecular weight is 276 g/mol. The molecule has 1 unspecified atom stereocenters. The Hall–Kier alpha value is -0.880. The first-order valence-corrected chi connectivity index (χ1v) is 6.19. The molecule has 0 fully saturated rings. The van der Waals surface area contributed by atoms with E-state index in [2.05, 4.69) is 5.32 Å². The largest absolute Gasteiger partial charge is 0.394 e. The molecule has 1 amide bonds. The fourth-order valence-electron chi connectivity index (χ4n) is 1.17. The molecule has 0 aliphatic heterocycles. The second kappa shape index (κ2) is 7.45. The molecule has 4 nitrogen and oxygen atoms in total. The highest BCUT2D eigenvalue weighted by Gasteiger charge is 2.08. The van der Waals surface area contributed by atoms with E-state index in [4.69, 9.17) is 21.4 Å². The number of hydrogen-bond donors (Lipinski definition) is 2. The van der Waals surface area contributed by atoms with E-state index in [1.54, 1.807) is 12.1 Å². The average Bonchev–Trinajstić information content (AvgIpc) is 2.72. The minimum absolute atomic E-state index is 0.155. The first-order valence-electron chi connectivity index (χ1n) is 4.99. The number of aliphatic hydroxyl groups excluding tert-OH is 1. The van der Waals surface area contributed by atoms with Crippen molar-refractivity contribution in [2.45, 2.75) is 6.04 Å². The van der Waals surface area contributed by atoms with E-state index in [1.165, 1.54) is 24.5 Å². The molecule has 0 spiro atoms. The SMILES string of the molecule is COCC(CO)NC(=O)/C=C/c1ccc(Cl)s1.